The predicted octanol–water partition coefficient (Wildman–Crippen LogP) is 2.63. The van der Waals surface area contributed by atoms with Gasteiger partial charge in [0.05, 0.1) is 6.04 Å². The maximum Gasteiger partial charge on any atom is 0.326 e. The third kappa shape index (κ3) is 10.5. The molecule has 3 aromatic carbocycles. The lowest BCUT2D eigenvalue weighted by molar-refractivity contribution is -0.142. The molecular weight excluding hydrogens is 532 g/mol. The second kappa shape index (κ2) is 16.1. The molecule has 222 valence electrons. The highest BCUT2D eigenvalue weighted by Gasteiger charge is 2.31. The van der Waals surface area contributed by atoms with Gasteiger partial charge in [0.25, 0.3) is 0 Å². The number of aliphatic carboxylic acids is 1. The number of benzene rings is 3. The van der Waals surface area contributed by atoms with Crippen LogP contribution in [0.1, 0.15) is 37.0 Å². The van der Waals surface area contributed by atoms with Gasteiger partial charge in [0, 0.05) is 12.8 Å². The van der Waals surface area contributed by atoms with Gasteiger partial charge in [-0.05, 0) is 35.4 Å². The fourth-order valence-corrected chi connectivity index (χ4v) is 4.60. The van der Waals surface area contributed by atoms with Crippen LogP contribution in [0, 0.1) is 5.92 Å². The molecule has 9 nitrogen and oxygen atoms in total. The third-order valence-corrected chi connectivity index (χ3v) is 6.79. The minimum absolute atomic E-state index is 0.0510. The number of hydrogen-bond acceptors (Lipinski definition) is 5. The van der Waals surface area contributed by atoms with Crippen LogP contribution >= 0.6 is 0 Å². The summed E-state index contributed by atoms with van der Waals surface area (Å²) in [6, 6.07) is 23.4. The van der Waals surface area contributed by atoms with Crippen LogP contribution in [0.25, 0.3) is 0 Å². The molecule has 4 atom stereocenters. The van der Waals surface area contributed by atoms with E-state index in [-0.39, 0.29) is 18.8 Å². The van der Waals surface area contributed by atoms with Gasteiger partial charge >= 0.3 is 5.97 Å². The van der Waals surface area contributed by atoms with Crippen molar-refractivity contribution in [2.45, 2.75) is 63.7 Å². The summed E-state index contributed by atoms with van der Waals surface area (Å²) in [6.07, 6.45) is 0.839. The SMILES string of the molecule is CC(C)CC(NC(=O)C(N)Cc1ccccc1)C(=O)NC(Cc1ccccc1)C(=O)NC(Cc1ccccc1)C(=O)O. The van der Waals surface area contributed by atoms with E-state index in [1.807, 2.05) is 80.6 Å². The third-order valence-electron chi connectivity index (χ3n) is 6.79. The Morgan fingerprint density at radius 1 is 0.595 bits per heavy atom. The lowest BCUT2D eigenvalue weighted by Gasteiger charge is -2.26. The Balaban J connectivity index is 1.76. The standard InChI is InChI=1S/C33H40N4O5/c1-22(2)18-27(35-30(38)26(34)19-23-12-6-3-7-13-23)31(39)36-28(20-24-14-8-4-9-15-24)32(40)37-29(33(41)42)21-25-16-10-5-11-17-25/h3-17,22,26-29H,18-21,34H2,1-2H3,(H,35,38)(H,36,39)(H,37,40)(H,41,42). The smallest absolute Gasteiger partial charge is 0.326 e. The van der Waals surface area contributed by atoms with E-state index in [9.17, 15) is 24.3 Å². The summed E-state index contributed by atoms with van der Waals surface area (Å²) in [5.74, 6) is -2.79. The Kier molecular flexibility index (Phi) is 12.3. The van der Waals surface area contributed by atoms with E-state index in [1.165, 1.54) is 0 Å². The second-order valence-electron chi connectivity index (χ2n) is 10.8. The molecule has 0 heterocycles. The molecule has 42 heavy (non-hydrogen) atoms. The maximum atomic E-state index is 13.5. The van der Waals surface area contributed by atoms with E-state index in [0.717, 1.165) is 16.7 Å². The minimum atomic E-state index is -1.20. The van der Waals surface area contributed by atoms with Gasteiger partial charge in [-0.1, -0.05) is 105 Å². The summed E-state index contributed by atoms with van der Waals surface area (Å²) in [4.78, 5) is 52.0. The Bertz CT molecular complexity index is 1300. The van der Waals surface area contributed by atoms with Crippen LogP contribution in [0.2, 0.25) is 0 Å². The molecule has 3 amide bonds. The first-order chi connectivity index (χ1) is 20.1. The molecule has 9 heteroatoms. The predicted molar refractivity (Wildman–Crippen MR) is 161 cm³/mol. The highest BCUT2D eigenvalue weighted by atomic mass is 16.4. The molecule has 0 saturated heterocycles. The molecule has 0 aliphatic heterocycles. The normalized spacial score (nSPS) is 13.8. The van der Waals surface area contributed by atoms with Gasteiger partial charge in [-0.25, -0.2) is 4.79 Å². The minimum Gasteiger partial charge on any atom is -0.480 e. The molecule has 0 aliphatic carbocycles. The summed E-state index contributed by atoms with van der Waals surface area (Å²) in [7, 11) is 0. The van der Waals surface area contributed by atoms with Crippen molar-refractivity contribution >= 4 is 23.7 Å². The number of carbonyl (C=O) groups excluding carboxylic acids is 3. The fraction of sp³-hybridized carbons (Fsp3) is 0.333. The van der Waals surface area contributed by atoms with Crippen molar-refractivity contribution in [3.63, 3.8) is 0 Å². The Labute approximate surface area is 246 Å². The van der Waals surface area contributed by atoms with Crippen LogP contribution in [-0.2, 0) is 38.4 Å². The van der Waals surface area contributed by atoms with Gasteiger partial charge in [0.1, 0.15) is 18.1 Å². The first kappa shape index (κ1) is 32.0. The first-order valence-electron chi connectivity index (χ1n) is 14.1. The molecule has 0 bridgehead atoms. The lowest BCUT2D eigenvalue weighted by atomic mass is 9.99. The van der Waals surface area contributed by atoms with Gasteiger partial charge in [0.2, 0.25) is 17.7 Å². The lowest BCUT2D eigenvalue weighted by Crippen LogP contribution is -2.58. The average Bonchev–Trinajstić information content (AvgIpc) is 2.97. The van der Waals surface area contributed by atoms with Crippen LogP contribution in [0.4, 0.5) is 0 Å². The van der Waals surface area contributed by atoms with Crippen LogP contribution in [0.15, 0.2) is 91.0 Å². The molecule has 6 N–H and O–H groups in total. The molecular formula is C33H40N4O5. The zero-order valence-corrected chi connectivity index (χ0v) is 24.0. The fourth-order valence-electron chi connectivity index (χ4n) is 4.60. The van der Waals surface area contributed by atoms with Crippen molar-refractivity contribution in [1.29, 1.82) is 0 Å². The number of rotatable bonds is 15. The summed E-state index contributed by atoms with van der Waals surface area (Å²) in [6.45, 7) is 3.84. The molecule has 4 unspecified atom stereocenters. The molecule has 0 aliphatic rings. The molecule has 0 spiro atoms. The van der Waals surface area contributed by atoms with Crippen LogP contribution in [0.5, 0.6) is 0 Å². The number of amides is 3. The van der Waals surface area contributed by atoms with Gasteiger partial charge in [-0.2, -0.15) is 0 Å². The van der Waals surface area contributed by atoms with Gasteiger partial charge < -0.3 is 26.8 Å². The Morgan fingerprint density at radius 2 is 0.976 bits per heavy atom. The van der Waals surface area contributed by atoms with Gasteiger partial charge in [-0.15, -0.1) is 0 Å². The monoisotopic (exact) mass is 572 g/mol. The van der Waals surface area contributed by atoms with E-state index < -0.39 is 47.9 Å². The van der Waals surface area contributed by atoms with Crippen LogP contribution < -0.4 is 21.7 Å². The van der Waals surface area contributed by atoms with E-state index in [1.54, 1.807) is 24.3 Å². The highest BCUT2D eigenvalue weighted by molar-refractivity contribution is 5.94. The van der Waals surface area contributed by atoms with Crippen LogP contribution in [-0.4, -0.2) is 53.0 Å². The number of carbonyl (C=O) groups is 4. The van der Waals surface area contributed by atoms with E-state index >= 15 is 0 Å². The van der Waals surface area contributed by atoms with Gasteiger partial charge in [-0.3, -0.25) is 14.4 Å². The van der Waals surface area contributed by atoms with E-state index in [2.05, 4.69) is 16.0 Å². The molecule has 3 aromatic rings. The number of hydrogen-bond donors (Lipinski definition) is 5. The summed E-state index contributed by atoms with van der Waals surface area (Å²) in [5.41, 5.74) is 8.59. The van der Waals surface area contributed by atoms with Crippen molar-refractivity contribution < 1.29 is 24.3 Å². The highest BCUT2D eigenvalue weighted by Crippen LogP contribution is 2.10. The number of carboxylic acid groups (broad SMARTS) is 1. The molecule has 0 fully saturated rings. The van der Waals surface area contributed by atoms with Crippen molar-refractivity contribution in [3.8, 4) is 0 Å². The quantitative estimate of drug-likeness (QED) is 0.189. The first-order valence-corrected chi connectivity index (χ1v) is 14.1. The summed E-state index contributed by atoms with van der Waals surface area (Å²) >= 11 is 0. The van der Waals surface area contributed by atoms with E-state index in [0.29, 0.717) is 12.8 Å². The summed E-state index contributed by atoms with van der Waals surface area (Å²) < 4.78 is 0. The Hall–Kier alpha value is -4.50. The molecule has 3 rings (SSSR count). The molecule has 0 saturated carbocycles. The molecule has 0 aromatic heterocycles. The Morgan fingerprint density at radius 3 is 1.43 bits per heavy atom. The topological polar surface area (TPSA) is 151 Å². The zero-order chi connectivity index (χ0) is 30.5. The number of nitrogens with one attached hydrogen (secondary N) is 3. The van der Waals surface area contributed by atoms with Crippen molar-refractivity contribution in [2.75, 3.05) is 0 Å². The van der Waals surface area contributed by atoms with Gasteiger partial charge in [0.15, 0.2) is 0 Å². The van der Waals surface area contributed by atoms with Crippen molar-refractivity contribution in [1.82, 2.24) is 16.0 Å². The number of carboxylic acids is 1. The van der Waals surface area contributed by atoms with Crippen molar-refractivity contribution in [2.24, 2.45) is 11.7 Å². The zero-order valence-electron chi connectivity index (χ0n) is 24.0. The largest absolute Gasteiger partial charge is 0.480 e. The number of nitrogens with two attached hydrogens (primary N) is 1. The van der Waals surface area contributed by atoms with Crippen LogP contribution in [0.3, 0.4) is 0 Å². The second-order valence-corrected chi connectivity index (χ2v) is 10.8. The molecule has 0 radical (unpaired) electrons. The average molecular weight is 573 g/mol. The van der Waals surface area contributed by atoms with E-state index in [4.69, 9.17) is 5.73 Å². The summed E-state index contributed by atoms with van der Waals surface area (Å²) in [5, 5.41) is 18.0. The maximum absolute atomic E-state index is 13.5. The van der Waals surface area contributed by atoms with Crippen molar-refractivity contribution in [3.05, 3.63) is 108 Å².